The molecule has 0 aromatic carbocycles. The molecule has 0 aliphatic carbocycles. The molecular weight excluding hydrogens is 166 g/mol. The second-order valence-corrected chi connectivity index (χ2v) is 2.29. The van der Waals surface area contributed by atoms with Gasteiger partial charge in [-0.2, -0.15) is 0 Å². The van der Waals surface area contributed by atoms with E-state index >= 15 is 0 Å². The van der Waals surface area contributed by atoms with Gasteiger partial charge in [0.25, 0.3) is 0 Å². The summed E-state index contributed by atoms with van der Waals surface area (Å²) in [4.78, 5) is 0. The molecule has 0 spiro atoms. The molecule has 0 atom stereocenters. The Labute approximate surface area is 102 Å². The minimum Gasteiger partial charge on any atom is -1.00 e. The third-order valence-corrected chi connectivity index (χ3v) is 1.23. The molecule has 0 fully saturated rings. The normalized spacial score (nSPS) is 9.27. The summed E-state index contributed by atoms with van der Waals surface area (Å²) in [5.41, 5.74) is 5.29. The predicted molar refractivity (Wildman–Crippen MR) is 53.1 cm³/mol. The molecule has 0 aromatic heterocycles. The standard InChI is InChI=1S/C7H19N3.Ca.2H/c1-2-4-9-6-7-10-5-3-8;;;/h9-10H,2-8H2,1H3;;;/q;+2;2*-1. The molecule has 0 saturated carbocycles. The van der Waals surface area contributed by atoms with Gasteiger partial charge in [0.2, 0.25) is 0 Å². The quantitative estimate of drug-likeness (QED) is 0.368. The number of nitrogens with one attached hydrogen (secondary N) is 2. The van der Waals surface area contributed by atoms with E-state index in [1.165, 1.54) is 6.42 Å². The maximum absolute atomic E-state index is 5.29. The molecule has 3 nitrogen and oxygen atoms in total. The van der Waals surface area contributed by atoms with Crippen LogP contribution in [0.1, 0.15) is 16.2 Å². The van der Waals surface area contributed by atoms with Crippen LogP contribution in [0, 0.1) is 0 Å². The van der Waals surface area contributed by atoms with Gasteiger partial charge < -0.3 is 19.2 Å². The minimum absolute atomic E-state index is 0. The van der Waals surface area contributed by atoms with E-state index in [1.54, 1.807) is 0 Å². The Morgan fingerprint density at radius 2 is 1.64 bits per heavy atom. The monoisotopic (exact) mass is 187 g/mol. The third-order valence-electron chi connectivity index (χ3n) is 1.23. The van der Waals surface area contributed by atoms with E-state index in [0.717, 1.165) is 32.7 Å². The van der Waals surface area contributed by atoms with Gasteiger partial charge >= 0.3 is 37.7 Å². The van der Waals surface area contributed by atoms with Gasteiger partial charge in [-0.05, 0) is 13.0 Å². The first-order valence-corrected chi connectivity index (χ1v) is 4.03. The third kappa shape index (κ3) is 14.0. The van der Waals surface area contributed by atoms with Crippen LogP contribution in [0.15, 0.2) is 0 Å². The van der Waals surface area contributed by atoms with E-state index in [2.05, 4.69) is 17.6 Å². The van der Waals surface area contributed by atoms with Crippen molar-refractivity contribution in [3.8, 4) is 0 Å². The molecule has 4 N–H and O–H groups in total. The molecule has 4 heteroatoms. The van der Waals surface area contributed by atoms with Gasteiger partial charge in [-0.15, -0.1) is 0 Å². The fraction of sp³-hybridized carbons (Fsp3) is 1.00. The van der Waals surface area contributed by atoms with Gasteiger partial charge in [0.15, 0.2) is 0 Å². The van der Waals surface area contributed by atoms with E-state index in [-0.39, 0.29) is 40.6 Å². The van der Waals surface area contributed by atoms with Crippen LogP contribution in [0.25, 0.3) is 0 Å². The summed E-state index contributed by atoms with van der Waals surface area (Å²) in [6, 6.07) is 0. The summed E-state index contributed by atoms with van der Waals surface area (Å²) in [6.45, 7) is 7.01. The molecule has 0 aromatic rings. The predicted octanol–water partition coefficient (Wildman–Crippen LogP) is -0.621. The zero-order valence-electron chi connectivity index (χ0n) is 9.53. The Hall–Kier alpha value is 1.14. The van der Waals surface area contributed by atoms with Gasteiger partial charge in [-0.25, -0.2) is 0 Å². The van der Waals surface area contributed by atoms with Crippen LogP contribution in [0.5, 0.6) is 0 Å². The minimum atomic E-state index is 0. The molecule has 0 aliphatic heterocycles. The second kappa shape index (κ2) is 13.7. The van der Waals surface area contributed by atoms with Gasteiger partial charge in [0.1, 0.15) is 0 Å². The van der Waals surface area contributed by atoms with Crippen molar-refractivity contribution in [3.63, 3.8) is 0 Å². The smallest absolute Gasteiger partial charge is 1.00 e. The molecule has 0 bridgehead atoms. The molecule has 66 valence electrons. The number of rotatable bonds is 7. The largest absolute Gasteiger partial charge is 2.00 e. The van der Waals surface area contributed by atoms with Crippen molar-refractivity contribution in [2.24, 2.45) is 5.73 Å². The summed E-state index contributed by atoms with van der Waals surface area (Å²) in [6.07, 6.45) is 1.21. The van der Waals surface area contributed by atoms with Crippen LogP contribution in [0.2, 0.25) is 0 Å². The average Bonchev–Trinajstić information content (AvgIpc) is 1.97. The zero-order valence-corrected chi connectivity index (χ0v) is 9.74. The van der Waals surface area contributed by atoms with Crippen LogP contribution in [0.4, 0.5) is 0 Å². The molecule has 0 rings (SSSR count). The number of nitrogens with two attached hydrogens (primary N) is 1. The first kappa shape index (κ1) is 14.7. The molecule has 0 radical (unpaired) electrons. The van der Waals surface area contributed by atoms with Crippen molar-refractivity contribution in [3.05, 3.63) is 0 Å². The Morgan fingerprint density at radius 1 is 1.09 bits per heavy atom. The van der Waals surface area contributed by atoms with Crippen LogP contribution >= 0.6 is 0 Å². The maximum atomic E-state index is 5.29. The van der Waals surface area contributed by atoms with Crippen molar-refractivity contribution in [2.75, 3.05) is 32.7 Å². The maximum Gasteiger partial charge on any atom is 2.00 e. The van der Waals surface area contributed by atoms with E-state index < -0.39 is 0 Å². The summed E-state index contributed by atoms with van der Waals surface area (Å²) in [5.74, 6) is 0. The number of hydrogen-bond acceptors (Lipinski definition) is 3. The topological polar surface area (TPSA) is 50.1 Å². The van der Waals surface area contributed by atoms with Gasteiger partial charge in [-0.3, -0.25) is 0 Å². The first-order chi connectivity index (χ1) is 4.91. The van der Waals surface area contributed by atoms with Gasteiger partial charge in [0.05, 0.1) is 0 Å². The fourth-order valence-electron chi connectivity index (χ4n) is 0.706. The van der Waals surface area contributed by atoms with Crippen molar-refractivity contribution >= 4 is 37.7 Å². The molecular formula is C7H21CaN3. The molecule has 0 amide bonds. The second-order valence-electron chi connectivity index (χ2n) is 2.29. The Bertz CT molecular complexity index is 61.7. The van der Waals surface area contributed by atoms with Crippen molar-refractivity contribution in [1.29, 1.82) is 0 Å². The Balaban J connectivity index is -0.000000135. The average molecular weight is 187 g/mol. The van der Waals surface area contributed by atoms with Gasteiger partial charge in [-0.1, -0.05) is 6.92 Å². The van der Waals surface area contributed by atoms with E-state index in [1.807, 2.05) is 0 Å². The Morgan fingerprint density at radius 3 is 2.09 bits per heavy atom. The molecule has 11 heavy (non-hydrogen) atoms. The summed E-state index contributed by atoms with van der Waals surface area (Å²) >= 11 is 0. The molecule has 0 unspecified atom stereocenters. The molecule has 0 saturated heterocycles. The van der Waals surface area contributed by atoms with Gasteiger partial charge in [0, 0.05) is 26.2 Å². The van der Waals surface area contributed by atoms with Crippen molar-refractivity contribution < 1.29 is 2.85 Å². The summed E-state index contributed by atoms with van der Waals surface area (Å²) in [5, 5.41) is 6.50. The van der Waals surface area contributed by atoms with E-state index in [9.17, 15) is 0 Å². The molecule has 0 heterocycles. The van der Waals surface area contributed by atoms with E-state index in [4.69, 9.17) is 5.73 Å². The zero-order chi connectivity index (χ0) is 7.66. The fourth-order valence-corrected chi connectivity index (χ4v) is 0.706. The first-order valence-electron chi connectivity index (χ1n) is 4.03. The number of hydrogen-bond donors (Lipinski definition) is 3. The van der Waals surface area contributed by atoms with Crippen LogP contribution in [-0.2, 0) is 0 Å². The van der Waals surface area contributed by atoms with Crippen molar-refractivity contribution in [1.82, 2.24) is 10.6 Å². The van der Waals surface area contributed by atoms with E-state index in [0.29, 0.717) is 0 Å². The van der Waals surface area contributed by atoms with Crippen LogP contribution < -0.4 is 16.4 Å². The SMILES string of the molecule is CCCNCCNCCN.[Ca+2].[H-].[H-]. The van der Waals surface area contributed by atoms with Crippen LogP contribution in [-0.4, -0.2) is 70.5 Å². The van der Waals surface area contributed by atoms with Crippen LogP contribution in [0.3, 0.4) is 0 Å². The molecule has 0 aliphatic rings. The Kier molecular flexibility index (Phi) is 18.3. The summed E-state index contributed by atoms with van der Waals surface area (Å²) in [7, 11) is 0. The van der Waals surface area contributed by atoms with Crippen molar-refractivity contribution in [2.45, 2.75) is 13.3 Å². The summed E-state index contributed by atoms with van der Waals surface area (Å²) < 4.78 is 0.